The summed E-state index contributed by atoms with van der Waals surface area (Å²) in [6.45, 7) is 11.8. The van der Waals surface area contributed by atoms with Gasteiger partial charge in [0.15, 0.2) is 9.84 Å². The number of azo groups is 1. The summed E-state index contributed by atoms with van der Waals surface area (Å²) in [7, 11) is -8.79. The van der Waals surface area contributed by atoms with Crippen molar-refractivity contribution in [2.24, 2.45) is 10.2 Å². The first-order valence-electron chi connectivity index (χ1n) is 10.2. The predicted molar refractivity (Wildman–Crippen MR) is 131 cm³/mol. The van der Waals surface area contributed by atoms with Gasteiger partial charge in [0.25, 0.3) is 0 Å². The van der Waals surface area contributed by atoms with Gasteiger partial charge in [0, 0.05) is 12.2 Å². The van der Waals surface area contributed by atoms with Crippen LogP contribution in [-0.2, 0) is 33.8 Å². The van der Waals surface area contributed by atoms with E-state index in [4.69, 9.17) is 16.4 Å². The molecule has 0 aliphatic rings. The van der Waals surface area contributed by atoms with Crippen molar-refractivity contribution in [1.82, 2.24) is 0 Å². The standard InChI is InChI=1S/C20H24N4O9S3/c1-4-24(10-9-21-3)16-5-7-18(15(2)13-16)22-23-19-8-6-17(14-20(19)34-33-32-25)35(26,27)12-11-31-36(28,29)30/h5-8,13-14,25H,4,9-12H2,1-2H3,(H,28,29,30). The van der Waals surface area contributed by atoms with E-state index in [0.29, 0.717) is 30.8 Å². The van der Waals surface area contributed by atoms with Crippen molar-refractivity contribution in [3.05, 3.63) is 53.4 Å². The second-order valence-corrected chi connectivity index (χ2v) is 11.0. The minimum atomic E-state index is -4.78. The Kier molecular flexibility index (Phi) is 11.2. The van der Waals surface area contributed by atoms with Crippen molar-refractivity contribution in [2.45, 2.75) is 23.6 Å². The minimum absolute atomic E-state index is 0.121. The molecule has 2 aromatic rings. The number of hydrogen-bond acceptors (Lipinski definition) is 12. The Morgan fingerprint density at radius 2 is 1.81 bits per heavy atom. The molecule has 0 heterocycles. The van der Waals surface area contributed by atoms with E-state index in [1.165, 1.54) is 18.2 Å². The molecular formula is C20H24N4O9S3. The van der Waals surface area contributed by atoms with Crippen LogP contribution >= 0.6 is 12.0 Å². The molecule has 13 nitrogen and oxygen atoms in total. The molecule has 0 aliphatic heterocycles. The predicted octanol–water partition coefficient (Wildman–Crippen LogP) is 4.18. The van der Waals surface area contributed by atoms with Crippen molar-refractivity contribution < 1.29 is 40.2 Å². The zero-order valence-corrected chi connectivity index (χ0v) is 21.7. The lowest BCUT2D eigenvalue weighted by Gasteiger charge is -2.21. The molecule has 2 rings (SSSR count). The van der Waals surface area contributed by atoms with E-state index in [0.717, 1.165) is 17.8 Å². The first-order valence-corrected chi connectivity index (χ1v) is 14.0. The molecule has 0 amide bonds. The Morgan fingerprint density at radius 1 is 1.11 bits per heavy atom. The molecule has 36 heavy (non-hydrogen) atoms. The summed E-state index contributed by atoms with van der Waals surface area (Å²) >= 11 is 0.473. The molecule has 0 aliphatic carbocycles. The minimum Gasteiger partial charge on any atom is -0.364 e. The average molecular weight is 561 g/mol. The Labute approximate surface area is 213 Å². The van der Waals surface area contributed by atoms with Gasteiger partial charge in [0.05, 0.1) is 46.4 Å². The van der Waals surface area contributed by atoms with E-state index in [1.54, 1.807) is 6.07 Å². The maximum Gasteiger partial charge on any atom is 0.397 e. The summed E-state index contributed by atoms with van der Waals surface area (Å²) in [5.41, 5.74) is 2.50. The summed E-state index contributed by atoms with van der Waals surface area (Å²) in [5.74, 6) is -0.731. The summed E-state index contributed by atoms with van der Waals surface area (Å²) in [6, 6.07) is 9.29. The topological polar surface area (TPSA) is 169 Å². The van der Waals surface area contributed by atoms with Crippen LogP contribution in [0.15, 0.2) is 56.4 Å². The molecule has 2 aromatic carbocycles. The monoisotopic (exact) mass is 560 g/mol. The largest absolute Gasteiger partial charge is 0.397 e. The smallest absolute Gasteiger partial charge is 0.364 e. The van der Waals surface area contributed by atoms with E-state index >= 15 is 0 Å². The fourth-order valence-corrected chi connectivity index (χ4v) is 5.01. The van der Waals surface area contributed by atoms with E-state index in [-0.39, 0.29) is 15.5 Å². The van der Waals surface area contributed by atoms with Crippen LogP contribution in [0.4, 0.5) is 17.1 Å². The van der Waals surface area contributed by atoms with Crippen molar-refractivity contribution in [3.8, 4) is 0 Å². The third-order valence-electron chi connectivity index (χ3n) is 4.70. The number of anilines is 1. The Hall–Kier alpha value is -2.62. The lowest BCUT2D eigenvalue weighted by molar-refractivity contribution is -0.432. The summed E-state index contributed by atoms with van der Waals surface area (Å²) in [5, 5.41) is 20.5. The highest BCUT2D eigenvalue weighted by Gasteiger charge is 2.19. The number of aryl methyl sites for hydroxylation is 1. The van der Waals surface area contributed by atoms with Gasteiger partial charge >= 0.3 is 10.4 Å². The van der Waals surface area contributed by atoms with Crippen molar-refractivity contribution in [2.75, 3.05) is 36.9 Å². The van der Waals surface area contributed by atoms with Crippen molar-refractivity contribution >= 4 is 49.3 Å². The van der Waals surface area contributed by atoms with Crippen LogP contribution in [0.5, 0.6) is 0 Å². The second-order valence-electron chi connectivity index (χ2n) is 7.06. The number of sulfone groups is 1. The Morgan fingerprint density at radius 3 is 2.42 bits per heavy atom. The zero-order chi connectivity index (χ0) is 26.8. The van der Waals surface area contributed by atoms with Gasteiger partial charge in [-0.15, -0.1) is 9.45 Å². The van der Waals surface area contributed by atoms with Gasteiger partial charge in [-0.2, -0.15) is 13.5 Å². The van der Waals surface area contributed by atoms with Gasteiger partial charge in [-0.1, -0.05) is 5.04 Å². The van der Waals surface area contributed by atoms with Crippen LogP contribution in [0.3, 0.4) is 0 Å². The zero-order valence-electron chi connectivity index (χ0n) is 19.3. The molecule has 196 valence electrons. The number of hydrogen-bond donors (Lipinski definition) is 2. The highest BCUT2D eigenvalue weighted by atomic mass is 32.3. The van der Waals surface area contributed by atoms with Gasteiger partial charge in [-0.25, -0.2) is 24.4 Å². The summed E-state index contributed by atoms with van der Waals surface area (Å²) in [6.07, 6.45) is 0. The lowest BCUT2D eigenvalue weighted by atomic mass is 10.1. The van der Waals surface area contributed by atoms with Gasteiger partial charge < -0.3 is 9.74 Å². The second kappa shape index (κ2) is 13.6. The molecule has 2 N–H and O–H groups in total. The van der Waals surface area contributed by atoms with Crippen molar-refractivity contribution in [3.63, 3.8) is 0 Å². The first kappa shape index (κ1) is 29.6. The van der Waals surface area contributed by atoms with Gasteiger partial charge in [-0.05, 0) is 55.8 Å². The Bertz CT molecular complexity index is 1330. The van der Waals surface area contributed by atoms with Crippen LogP contribution in [-0.4, -0.2) is 58.6 Å². The maximum absolute atomic E-state index is 12.5. The molecule has 0 radical (unpaired) electrons. The molecule has 0 saturated carbocycles. The average Bonchev–Trinajstić information content (AvgIpc) is 2.82. The van der Waals surface area contributed by atoms with Crippen LogP contribution in [0.25, 0.3) is 4.85 Å². The molecule has 0 unspecified atom stereocenters. The quantitative estimate of drug-likeness (QED) is 0.0849. The maximum atomic E-state index is 12.5. The van der Waals surface area contributed by atoms with Crippen molar-refractivity contribution in [1.29, 1.82) is 0 Å². The van der Waals surface area contributed by atoms with Gasteiger partial charge in [0.2, 0.25) is 6.54 Å². The lowest BCUT2D eigenvalue weighted by Crippen LogP contribution is -2.25. The fraction of sp³-hybridized carbons (Fsp3) is 0.350. The number of benzene rings is 2. The highest BCUT2D eigenvalue weighted by Crippen LogP contribution is 2.35. The van der Waals surface area contributed by atoms with E-state index in [2.05, 4.69) is 33.5 Å². The van der Waals surface area contributed by atoms with E-state index in [9.17, 15) is 16.8 Å². The van der Waals surface area contributed by atoms with Crippen LogP contribution in [0.1, 0.15) is 12.5 Å². The normalized spacial score (nSPS) is 12.1. The van der Waals surface area contributed by atoms with E-state index in [1.807, 2.05) is 26.0 Å². The molecular weight excluding hydrogens is 536 g/mol. The molecule has 0 saturated heterocycles. The molecule has 0 aromatic heterocycles. The van der Waals surface area contributed by atoms with Crippen LogP contribution in [0.2, 0.25) is 0 Å². The molecule has 0 fully saturated rings. The number of rotatable bonds is 14. The third-order valence-corrected chi connectivity index (χ3v) is 7.48. The first-order chi connectivity index (χ1) is 17.0. The highest BCUT2D eigenvalue weighted by molar-refractivity contribution is 7.95. The summed E-state index contributed by atoms with van der Waals surface area (Å²) < 4.78 is 63.4. The molecule has 16 heteroatoms. The molecule has 0 spiro atoms. The molecule has 0 atom stereocenters. The number of nitrogens with zero attached hydrogens (tertiary/aromatic N) is 4. The number of likely N-dealkylation sites (N-methyl/N-ethyl adjacent to an activating group) is 1. The third kappa shape index (κ3) is 9.11. The fourth-order valence-electron chi connectivity index (χ4n) is 2.95. The van der Waals surface area contributed by atoms with Gasteiger partial charge in [0.1, 0.15) is 5.69 Å². The van der Waals surface area contributed by atoms with Crippen LogP contribution in [0, 0.1) is 13.5 Å². The SMILES string of the molecule is [C-]#[N+]CCN(CC)c1ccc(N=Nc2ccc(S(=O)(=O)CCOS(=O)(=O)O)cc2SOOO)c(C)c1. The summed E-state index contributed by atoms with van der Waals surface area (Å²) in [4.78, 5) is 5.35. The Balaban J connectivity index is 2.29. The van der Waals surface area contributed by atoms with E-state index < -0.39 is 32.6 Å². The molecule has 0 bridgehead atoms. The van der Waals surface area contributed by atoms with Gasteiger partial charge in [-0.3, -0.25) is 4.55 Å². The van der Waals surface area contributed by atoms with Crippen LogP contribution < -0.4 is 4.90 Å².